The number of sulfone groups is 1. The zero-order valence-electron chi connectivity index (χ0n) is 11.5. The van der Waals surface area contributed by atoms with Crippen molar-refractivity contribution in [2.45, 2.75) is 4.90 Å². The molecular formula is C15H16ClNO3S. The molecule has 21 heavy (non-hydrogen) atoms. The van der Waals surface area contributed by atoms with Gasteiger partial charge in [-0.25, -0.2) is 8.42 Å². The van der Waals surface area contributed by atoms with Crippen molar-refractivity contribution >= 4 is 27.1 Å². The standard InChI is InChI=1S/C15H16ClNO3S/c1-21(18,19)13-8-6-12(7-9-13)20-11-10-17-15-5-3-2-4-14(15)16/h2-9,17H,10-11H2,1H3. The lowest BCUT2D eigenvalue weighted by molar-refractivity contribution is 0.332. The molecule has 2 aromatic rings. The van der Waals surface area contributed by atoms with Crippen LogP contribution in [0.25, 0.3) is 0 Å². The monoisotopic (exact) mass is 325 g/mol. The lowest BCUT2D eigenvalue weighted by atomic mass is 10.3. The number of hydrogen-bond donors (Lipinski definition) is 1. The zero-order chi connectivity index (χ0) is 15.3. The zero-order valence-corrected chi connectivity index (χ0v) is 13.1. The van der Waals surface area contributed by atoms with Crippen LogP contribution in [0, 0.1) is 0 Å². The van der Waals surface area contributed by atoms with Gasteiger partial charge in [-0.15, -0.1) is 0 Å². The molecule has 0 aromatic heterocycles. The van der Waals surface area contributed by atoms with E-state index in [2.05, 4.69) is 5.32 Å². The molecule has 0 saturated heterocycles. The molecule has 1 N–H and O–H groups in total. The van der Waals surface area contributed by atoms with Crippen LogP contribution in [0.15, 0.2) is 53.4 Å². The molecule has 0 aliphatic heterocycles. The molecule has 0 heterocycles. The smallest absolute Gasteiger partial charge is 0.175 e. The summed E-state index contributed by atoms with van der Waals surface area (Å²) in [6.07, 6.45) is 1.18. The third kappa shape index (κ3) is 4.65. The van der Waals surface area contributed by atoms with Crippen LogP contribution in [-0.2, 0) is 9.84 Å². The SMILES string of the molecule is CS(=O)(=O)c1ccc(OCCNc2ccccc2Cl)cc1. The Kier molecular flexibility index (Phi) is 5.09. The Morgan fingerprint density at radius 2 is 1.76 bits per heavy atom. The van der Waals surface area contributed by atoms with Gasteiger partial charge in [0, 0.05) is 12.8 Å². The number of ether oxygens (including phenoxy) is 1. The second kappa shape index (κ2) is 6.83. The molecule has 0 saturated carbocycles. The van der Waals surface area contributed by atoms with E-state index in [1.165, 1.54) is 18.4 Å². The predicted octanol–water partition coefficient (Wildman–Crippen LogP) is 3.23. The van der Waals surface area contributed by atoms with E-state index in [0.717, 1.165) is 5.69 Å². The topological polar surface area (TPSA) is 55.4 Å². The van der Waals surface area contributed by atoms with Gasteiger partial charge in [0.05, 0.1) is 15.6 Å². The van der Waals surface area contributed by atoms with Crippen LogP contribution in [0.5, 0.6) is 5.75 Å². The summed E-state index contributed by atoms with van der Waals surface area (Å²) in [4.78, 5) is 0.282. The number of halogens is 1. The highest BCUT2D eigenvalue weighted by atomic mass is 35.5. The van der Waals surface area contributed by atoms with E-state index in [4.69, 9.17) is 16.3 Å². The quantitative estimate of drug-likeness (QED) is 0.828. The van der Waals surface area contributed by atoms with Gasteiger partial charge in [0.15, 0.2) is 9.84 Å². The molecule has 112 valence electrons. The van der Waals surface area contributed by atoms with Crippen LogP contribution in [0.2, 0.25) is 5.02 Å². The molecule has 0 aliphatic rings. The minimum Gasteiger partial charge on any atom is -0.492 e. The van der Waals surface area contributed by atoms with Crippen molar-refractivity contribution in [3.63, 3.8) is 0 Å². The van der Waals surface area contributed by atoms with Crippen LogP contribution < -0.4 is 10.1 Å². The Hall–Kier alpha value is -1.72. The minimum absolute atomic E-state index is 0.282. The summed E-state index contributed by atoms with van der Waals surface area (Å²) < 4.78 is 28.2. The van der Waals surface area contributed by atoms with Crippen molar-refractivity contribution in [2.24, 2.45) is 0 Å². The highest BCUT2D eigenvalue weighted by Gasteiger charge is 2.06. The second-order valence-corrected chi connectivity index (χ2v) is 6.92. The lowest BCUT2D eigenvalue weighted by Crippen LogP contribution is -2.11. The van der Waals surface area contributed by atoms with Gasteiger partial charge in [-0.2, -0.15) is 0 Å². The Morgan fingerprint density at radius 1 is 1.10 bits per heavy atom. The summed E-state index contributed by atoms with van der Waals surface area (Å²) >= 11 is 6.02. The van der Waals surface area contributed by atoms with Crippen molar-refractivity contribution in [1.82, 2.24) is 0 Å². The average Bonchev–Trinajstić information content (AvgIpc) is 2.45. The van der Waals surface area contributed by atoms with Crippen molar-refractivity contribution in [1.29, 1.82) is 0 Å². The number of anilines is 1. The first-order valence-corrected chi connectivity index (χ1v) is 8.65. The molecule has 0 amide bonds. The third-order valence-corrected chi connectivity index (χ3v) is 4.27. The summed E-state index contributed by atoms with van der Waals surface area (Å²) in [5.74, 6) is 0.628. The molecule has 0 unspecified atom stereocenters. The Bertz CT molecular complexity index is 699. The van der Waals surface area contributed by atoms with E-state index in [0.29, 0.717) is 23.9 Å². The summed E-state index contributed by atoms with van der Waals surface area (Å²) in [5.41, 5.74) is 0.857. The van der Waals surface area contributed by atoms with Gasteiger partial charge >= 0.3 is 0 Å². The van der Waals surface area contributed by atoms with Crippen LogP contribution in [0.4, 0.5) is 5.69 Å². The fourth-order valence-corrected chi connectivity index (χ4v) is 2.58. The molecule has 2 aromatic carbocycles. The molecular weight excluding hydrogens is 310 g/mol. The van der Waals surface area contributed by atoms with Crippen molar-refractivity contribution in [3.8, 4) is 5.75 Å². The molecule has 0 aliphatic carbocycles. The molecule has 0 spiro atoms. The van der Waals surface area contributed by atoms with E-state index in [1.807, 2.05) is 24.3 Å². The van der Waals surface area contributed by atoms with E-state index in [9.17, 15) is 8.42 Å². The summed E-state index contributed by atoms with van der Waals surface area (Å²) in [6, 6.07) is 13.8. The minimum atomic E-state index is -3.17. The largest absolute Gasteiger partial charge is 0.492 e. The van der Waals surface area contributed by atoms with Crippen molar-refractivity contribution < 1.29 is 13.2 Å². The Balaban J connectivity index is 1.83. The normalized spacial score (nSPS) is 11.1. The molecule has 0 atom stereocenters. The van der Waals surface area contributed by atoms with Gasteiger partial charge in [-0.1, -0.05) is 23.7 Å². The van der Waals surface area contributed by atoms with E-state index >= 15 is 0 Å². The van der Waals surface area contributed by atoms with E-state index in [-0.39, 0.29) is 4.90 Å². The van der Waals surface area contributed by atoms with Crippen LogP contribution in [0.3, 0.4) is 0 Å². The maximum atomic E-state index is 11.3. The first-order chi connectivity index (χ1) is 9.97. The first kappa shape index (κ1) is 15.7. The van der Waals surface area contributed by atoms with Crippen molar-refractivity contribution in [2.75, 3.05) is 24.7 Å². The lowest BCUT2D eigenvalue weighted by Gasteiger charge is -2.10. The van der Waals surface area contributed by atoms with Gasteiger partial charge in [0.2, 0.25) is 0 Å². The van der Waals surface area contributed by atoms with Gasteiger partial charge in [0.25, 0.3) is 0 Å². The molecule has 4 nitrogen and oxygen atoms in total. The summed E-state index contributed by atoms with van der Waals surface area (Å²) in [6.45, 7) is 1.04. The molecule has 0 bridgehead atoms. The fraction of sp³-hybridized carbons (Fsp3) is 0.200. The number of rotatable bonds is 6. The fourth-order valence-electron chi connectivity index (χ4n) is 1.74. The van der Waals surface area contributed by atoms with Gasteiger partial charge < -0.3 is 10.1 Å². The molecule has 6 heteroatoms. The maximum absolute atomic E-state index is 11.3. The number of benzene rings is 2. The predicted molar refractivity (Wildman–Crippen MR) is 85.0 cm³/mol. The summed E-state index contributed by atoms with van der Waals surface area (Å²) in [7, 11) is -3.17. The first-order valence-electron chi connectivity index (χ1n) is 6.38. The number of nitrogens with one attached hydrogen (secondary N) is 1. The van der Waals surface area contributed by atoms with Crippen LogP contribution in [0.1, 0.15) is 0 Å². The number of hydrogen-bond acceptors (Lipinski definition) is 4. The molecule has 2 rings (SSSR count). The third-order valence-electron chi connectivity index (χ3n) is 2.81. The van der Waals surface area contributed by atoms with Gasteiger partial charge in [-0.3, -0.25) is 0 Å². The van der Waals surface area contributed by atoms with Crippen LogP contribution >= 0.6 is 11.6 Å². The molecule has 0 radical (unpaired) electrons. The Morgan fingerprint density at radius 3 is 2.38 bits per heavy atom. The average molecular weight is 326 g/mol. The van der Waals surface area contributed by atoms with Crippen LogP contribution in [-0.4, -0.2) is 27.8 Å². The summed E-state index contributed by atoms with van der Waals surface area (Å²) in [5, 5.41) is 3.83. The van der Waals surface area contributed by atoms with Crippen molar-refractivity contribution in [3.05, 3.63) is 53.6 Å². The van der Waals surface area contributed by atoms with E-state index in [1.54, 1.807) is 12.1 Å². The highest BCUT2D eigenvalue weighted by molar-refractivity contribution is 7.90. The number of para-hydroxylation sites is 1. The molecule has 0 fully saturated rings. The van der Waals surface area contributed by atoms with Gasteiger partial charge in [-0.05, 0) is 36.4 Å². The maximum Gasteiger partial charge on any atom is 0.175 e. The second-order valence-electron chi connectivity index (χ2n) is 4.50. The van der Waals surface area contributed by atoms with Gasteiger partial charge in [0.1, 0.15) is 12.4 Å². The van der Waals surface area contributed by atoms with E-state index < -0.39 is 9.84 Å². The highest BCUT2D eigenvalue weighted by Crippen LogP contribution is 2.20. The Labute approximate surface area is 129 Å².